The first kappa shape index (κ1) is 15.9. The van der Waals surface area contributed by atoms with E-state index in [0.717, 1.165) is 4.88 Å². The maximum atomic E-state index is 12.0. The summed E-state index contributed by atoms with van der Waals surface area (Å²) < 4.78 is 10.6. The number of rotatable bonds is 5. The van der Waals surface area contributed by atoms with Crippen molar-refractivity contribution in [1.82, 2.24) is 10.2 Å². The summed E-state index contributed by atoms with van der Waals surface area (Å²) in [5.74, 6) is -0.0687. The summed E-state index contributed by atoms with van der Waals surface area (Å²) in [5.41, 5.74) is 0.971. The highest BCUT2D eigenvalue weighted by Gasteiger charge is 2.13. The first-order chi connectivity index (χ1) is 11.6. The molecule has 0 aliphatic heterocycles. The van der Waals surface area contributed by atoms with E-state index in [2.05, 4.69) is 15.5 Å². The molecule has 0 bridgehead atoms. The number of nitrogens with one attached hydrogen (secondary N) is 1. The Labute approximate surface area is 141 Å². The van der Waals surface area contributed by atoms with Crippen molar-refractivity contribution < 1.29 is 18.7 Å². The summed E-state index contributed by atoms with van der Waals surface area (Å²) >= 11 is 1.48. The molecule has 122 valence electrons. The van der Waals surface area contributed by atoms with Crippen molar-refractivity contribution in [3.63, 3.8) is 0 Å². The van der Waals surface area contributed by atoms with Gasteiger partial charge in [0.2, 0.25) is 5.91 Å². The van der Waals surface area contributed by atoms with Crippen LogP contribution in [0.4, 0.5) is 5.69 Å². The van der Waals surface area contributed by atoms with Crippen LogP contribution in [0.1, 0.15) is 23.2 Å². The third-order valence-corrected chi connectivity index (χ3v) is 3.82. The molecule has 3 aromatic rings. The number of hydrogen-bond acceptors (Lipinski definition) is 7. The van der Waals surface area contributed by atoms with Gasteiger partial charge >= 0.3 is 5.97 Å². The van der Waals surface area contributed by atoms with Gasteiger partial charge in [0.25, 0.3) is 11.8 Å². The Kier molecular flexibility index (Phi) is 4.66. The standard InChI is InChI=1S/C16H13N3O4S/c1-10(20)17-12-6-4-11(5-7-12)16(21)22-9-14-18-19-15(23-14)13-3-2-8-24-13/h2-8H,9H2,1H3,(H,17,20). The van der Waals surface area contributed by atoms with Crippen molar-refractivity contribution in [2.24, 2.45) is 0 Å². The minimum Gasteiger partial charge on any atom is -0.452 e. The lowest BCUT2D eigenvalue weighted by molar-refractivity contribution is -0.114. The number of hydrogen-bond donors (Lipinski definition) is 1. The van der Waals surface area contributed by atoms with E-state index in [1.54, 1.807) is 24.3 Å². The Bertz CT molecular complexity index is 841. The highest BCUT2D eigenvalue weighted by molar-refractivity contribution is 7.13. The van der Waals surface area contributed by atoms with E-state index in [0.29, 0.717) is 17.1 Å². The number of nitrogens with zero attached hydrogens (tertiary/aromatic N) is 2. The molecule has 1 N–H and O–H groups in total. The van der Waals surface area contributed by atoms with Gasteiger partial charge in [-0.25, -0.2) is 4.79 Å². The molecule has 8 heteroatoms. The van der Waals surface area contributed by atoms with Gasteiger partial charge < -0.3 is 14.5 Å². The maximum Gasteiger partial charge on any atom is 0.338 e. The Balaban J connectivity index is 1.58. The highest BCUT2D eigenvalue weighted by atomic mass is 32.1. The summed E-state index contributed by atoms with van der Waals surface area (Å²) in [6.45, 7) is 1.31. The lowest BCUT2D eigenvalue weighted by atomic mass is 10.2. The van der Waals surface area contributed by atoms with Gasteiger partial charge in [0.15, 0.2) is 6.61 Å². The van der Waals surface area contributed by atoms with Crippen LogP contribution in [-0.2, 0) is 16.1 Å². The van der Waals surface area contributed by atoms with Crippen LogP contribution in [0.2, 0.25) is 0 Å². The SMILES string of the molecule is CC(=O)Nc1ccc(C(=O)OCc2nnc(-c3cccs3)o2)cc1. The second kappa shape index (κ2) is 7.05. The van der Waals surface area contributed by atoms with Crippen LogP contribution in [0, 0.1) is 0 Å². The number of benzene rings is 1. The molecule has 0 spiro atoms. The number of ether oxygens (including phenoxy) is 1. The fraction of sp³-hybridized carbons (Fsp3) is 0.125. The molecule has 0 saturated heterocycles. The van der Waals surface area contributed by atoms with Crippen LogP contribution in [0.25, 0.3) is 10.8 Å². The van der Waals surface area contributed by atoms with Gasteiger partial charge in [0.1, 0.15) is 0 Å². The molecule has 1 amide bonds. The van der Waals surface area contributed by atoms with Crippen molar-refractivity contribution >= 4 is 28.9 Å². The van der Waals surface area contributed by atoms with Gasteiger partial charge in [-0.15, -0.1) is 21.5 Å². The number of amides is 1. The zero-order valence-corrected chi connectivity index (χ0v) is 13.5. The number of carbonyl (C=O) groups excluding carboxylic acids is 2. The lowest BCUT2D eigenvalue weighted by Crippen LogP contribution is -2.08. The zero-order valence-electron chi connectivity index (χ0n) is 12.7. The molecule has 2 heterocycles. The second-order valence-corrected chi connectivity index (χ2v) is 5.76. The summed E-state index contributed by atoms with van der Waals surface area (Å²) in [5, 5.41) is 12.3. The van der Waals surface area contributed by atoms with Crippen LogP contribution in [-0.4, -0.2) is 22.1 Å². The monoisotopic (exact) mass is 343 g/mol. The van der Waals surface area contributed by atoms with Gasteiger partial charge in [0, 0.05) is 12.6 Å². The van der Waals surface area contributed by atoms with Crippen LogP contribution in [0.5, 0.6) is 0 Å². The summed E-state index contributed by atoms with van der Waals surface area (Å²) in [6, 6.07) is 10.1. The Morgan fingerprint density at radius 3 is 2.67 bits per heavy atom. The van der Waals surface area contributed by atoms with E-state index in [1.165, 1.54) is 18.3 Å². The van der Waals surface area contributed by atoms with Gasteiger partial charge in [-0.3, -0.25) is 4.79 Å². The molecule has 0 radical (unpaired) electrons. The Morgan fingerprint density at radius 2 is 2.00 bits per heavy atom. The minimum absolute atomic E-state index is 0.106. The molecule has 0 fully saturated rings. The number of thiophene rings is 1. The average Bonchev–Trinajstić information content (AvgIpc) is 3.24. The third-order valence-electron chi connectivity index (χ3n) is 2.97. The van der Waals surface area contributed by atoms with E-state index in [9.17, 15) is 9.59 Å². The molecule has 3 rings (SSSR count). The predicted octanol–water partition coefficient (Wildman–Crippen LogP) is 3.11. The molecule has 0 aliphatic carbocycles. The van der Waals surface area contributed by atoms with E-state index < -0.39 is 5.97 Å². The number of esters is 1. The van der Waals surface area contributed by atoms with Crippen LogP contribution >= 0.6 is 11.3 Å². The van der Waals surface area contributed by atoms with Crippen molar-refractivity contribution in [3.05, 3.63) is 53.2 Å². The van der Waals surface area contributed by atoms with Gasteiger partial charge in [-0.2, -0.15) is 0 Å². The molecule has 24 heavy (non-hydrogen) atoms. The van der Waals surface area contributed by atoms with E-state index in [-0.39, 0.29) is 18.4 Å². The fourth-order valence-corrected chi connectivity index (χ4v) is 2.56. The highest BCUT2D eigenvalue weighted by Crippen LogP contribution is 2.23. The maximum absolute atomic E-state index is 12.0. The summed E-state index contributed by atoms with van der Waals surface area (Å²) in [6.07, 6.45) is 0. The van der Waals surface area contributed by atoms with Crippen molar-refractivity contribution in [1.29, 1.82) is 0 Å². The van der Waals surface area contributed by atoms with Crippen molar-refractivity contribution in [2.75, 3.05) is 5.32 Å². The smallest absolute Gasteiger partial charge is 0.338 e. The Morgan fingerprint density at radius 1 is 1.21 bits per heavy atom. The topological polar surface area (TPSA) is 94.3 Å². The van der Waals surface area contributed by atoms with Crippen LogP contribution in [0.15, 0.2) is 46.2 Å². The second-order valence-electron chi connectivity index (χ2n) is 4.81. The van der Waals surface area contributed by atoms with Gasteiger partial charge in [-0.05, 0) is 35.7 Å². The molecular weight excluding hydrogens is 330 g/mol. The average molecular weight is 343 g/mol. The first-order valence-corrected chi connectivity index (χ1v) is 7.91. The lowest BCUT2D eigenvalue weighted by Gasteiger charge is -2.04. The normalized spacial score (nSPS) is 10.4. The number of aromatic nitrogens is 2. The van der Waals surface area contributed by atoms with Crippen LogP contribution < -0.4 is 5.32 Å². The molecule has 1 aromatic carbocycles. The summed E-state index contributed by atoms with van der Waals surface area (Å²) in [4.78, 5) is 23.8. The predicted molar refractivity (Wildman–Crippen MR) is 87.5 cm³/mol. The minimum atomic E-state index is -0.514. The summed E-state index contributed by atoms with van der Waals surface area (Å²) in [7, 11) is 0. The molecule has 0 atom stereocenters. The zero-order chi connectivity index (χ0) is 16.9. The third kappa shape index (κ3) is 3.85. The van der Waals surface area contributed by atoms with E-state index in [1.807, 2.05) is 17.5 Å². The molecule has 0 saturated carbocycles. The van der Waals surface area contributed by atoms with E-state index in [4.69, 9.17) is 9.15 Å². The molecular formula is C16H13N3O4S. The Hall–Kier alpha value is -3.00. The molecule has 0 aliphatic rings. The van der Waals surface area contributed by atoms with E-state index >= 15 is 0 Å². The van der Waals surface area contributed by atoms with Crippen molar-refractivity contribution in [2.45, 2.75) is 13.5 Å². The molecule has 2 aromatic heterocycles. The molecule has 7 nitrogen and oxygen atoms in total. The van der Waals surface area contributed by atoms with Gasteiger partial charge in [0.05, 0.1) is 10.4 Å². The molecule has 0 unspecified atom stereocenters. The first-order valence-electron chi connectivity index (χ1n) is 7.03. The number of carbonyl (C=O) groups is 2. The quantitative estimate of drug-likeness (QED) is 0.715. The number of anilines is 1. The van der Waals surface area contributed by atoms with Crippen molar-refractivity contribution in [3.8, 4) is 10.8 Å². The van der Waals surface area contributed by atoms with Gasteiger partial charge in [-0.1, -0.05) is 6.07 Å². The fourth-order valence-electron chi connectivity index (χ4n) is 1.92. The van der Waals surface area contributed by atoms with Crippen LogP contribution in [0.3, 0.4) is 0 Å². The largest absolute Gasteiger partial charge is 0.452 e.